The van der Waals surface area contributed by atoms with Crippen LogP contribution in [0.2, 0.25) is 0 Å². The van der Waals surface area contributed by atoms with Crippen LogP contribution >= 0.6 is 0 Å². The average molecular weight is 241 g/mol. The van der Waals surface area contributed by atoms with Gasteiger partial charge in [0.1, 0.15) is 5.69 Å². The van der Waals surface area contributed by atoms with E-state index >= 15 is 0 Å². The fraction of sp³-hybridized carbons (Fsp3) is 0.286. The largest absolute Gasteiger partial charge is 0.351 e. The summed E-state index contributed by atoms with van der Waals surface area (Å²) in [7, 11) is 1.70. The van der Waals surface area contributed by atoms with Crippen molar-refractivity contribution in [2.24, 2.45) is 0 Å². The number of aromatic nitrogens is 1. The van der Waals surface area contributed by atoms with Crippen LogP contribution in [0.1, 0.15) is 22.5 Å². The molecule has 1 amide bonds. The van der Waals surface area contributed by atoms with Crippen LogP contribution in [0.15, 0.2) is 24.3 Å². The Kier molecular flexibility index (Phi) is 3.33. The second-order valence-electron chi connectivity index (χ2n) is 4.41. The number of aromatic amines is 1. The summed E-state index contributed by atoms with van der Waals surface area (Å²) in [6, 6.07) is 9.91. The number of aryl methyl sites for hydroxylation is 1. The molecule has 92 valence electrons. The van der Waals surface area contributed by atoms with Gasteiger partial charge in [0.2, 0.25) is 0 Å². The van der Waals surface area contributed by atoms with Crippen LogP contribution in [0.25, 0.3) is 10.9 Å². The summed E-state index contributed by atoms with van der Waals surface area (Å²) >= 11 is 0. The first kappa shape index (κ1) is 12.2. The van der Waals surface area contributed by atoms with Crippen LogP contribution in [0.4, 0.5) is 0 Å². The van der Waals surface area contributed by atoms with Crippen molar-refractivity contribution in [1.29, 1.82) is 5.26 Å². The lowest BCUT2D eigenvalue weighted by molar-refractivity contribution is 0.0793. The molecule has 0 unspecified atom stereocenters. The van der Waals surface area contributed by atoms with Gasteiger partial charge in [0.25, 0.3) is 5.91 Å². The van der Waals surface area contributed by atoms with E-state index in [1.54, 1.807) is 11.9 Å². The van der Waals surface area contributed by atoms with Crippen LogP contribution in [0, 0.1) is 18.3 Å². The van der Waals surface area contributed by atoms with Gasteiger partial charge in [0.15, 0.2) is 0 Å². The molecule has 0 aliphatic rings. The zero-order valence-electron chi connectivity index (χ0n) is 10.5. The third-order valence-electron chi connectivity index (χ3n) is 2.91. The van der Waals surface area contributed by atoms with Crippen LogP contribution in [0.3, 0.4) is 0 Å². The third-order valence-corrected chi connectivity index (χ3v) is 2.91. The van der Waals surface area contributed by atoms with E-state index in [1.165, 1.54) is 0 Å². The van der Waals surface area contributed by atoms with Gasteiger partial charge in [-0.2, -0.15) is 5.26 Å². The molecular weight excluding hydrogens is 226 g/mol. The van der Waals surface area contributed by atoms with Gasteiger partial charge in [-0.25, -0.2) is 0 Å². The molecule has 0 aliphatic heterocycles. The first-order valence-electron chi connectivity index (χ1n) is 5.83. The van der Waals surface area contributed by atoms with Crippen LogP contribution in [-0.2, 0) is 0 Å². The van der Waals surface area contributed by atoms with Crippen molar-refractivity contribution < 1.29 is 4.79 Å². The lowest BCUT2D eigenvalue weighted by atomic mass is 10.2. The minimum atomic E-state index is -0.0842. The maximum atomic E-state index is 12.1. The number of rotatable bonds is 3. The number of benzene rings is 1. The van der Waals surface area contributed by atoms with Crippen molar-refractivity contribution in [1.82, 2.24) is 9.88 Å². The summed E-state index contributed by atoms with van der Waals surface area (Å²) in [4.78, 5) is 16.8. The number of hydrogen-bond donors (Lipinski definition) is 1. The first-order chi connectivity index (χ1) is 8.61. The number of hydrogen-bond acceptors (Lipinski definition) is 2. The predicted molar refractivity (Wildman–Crippen MR) is 70.2 cm³/mol. The fourth-order valence-corrected chi connectivity index (χ4v) is 1.88. The molecule has 0 aliphatic carbocycles. The van der Waals surface area contributed by atoms with Gasteiger partial charge in [-0.3, -0.25) is 4.79 Å². The summed E-state index contributed by atoms with van der Waals surface area (Å²) in [6.07, 6.45) is 0.349. The van der Waals surface area contributed by atoms with Crippen LogP contribution in [-0.4, -0.2) is 29.4 Å². The van der Waals surface area contributed by atoms with Gasteiger partial charge in [-0.05, 0) is 24.6 Å². The van der Waals surface area contributed by atoms with Crippen molar-refractivity contribution >= 4 is 16.8 Å². The molecule has 0 atom stereocenters. The summed E-state index contributed by atoms with van der Waals surface area (Å²) in [5.41, 5.74) is 2.68. The maximum absolute atomic E-state index is 12.1. The topological polar surface area (TPSA) is 59.9 Å². The molecule has 0 saturated heterocycles. The van der Waals surface area contributed by atoms with Crippen LogP contribution < -0.4 is 0 Å². The molecule has 1 aromatic carbocycles. The van der Waals surface area contributed by atoms with Gasteiger partial charge in [0, 0.05) is 24.5 Å². The fourth-order valence-electron chi connectivity index (χ4n) is 1.88. The maximum Gasteiger partial charge on any atom is 0.270 e. The van der Waals surface area contributed by atoms with Crippen molar-refractivity contribution in [2.45, 2.75) is 13.3 Å². The molecule has 18 heavy (non-hydrogen) atoms. The molecule has 0 saturated carbocycles. The lowest BCUT2D eigenvalue weighted by Gasteiger charge is -2.13. The monoisotopic (exact) mass is 241 g/mol. The van der Waals surface area contributed by atoms with Crippen LogP contribution in [0.5, 0.6) is 0 Å². The summed E-state index contributed by atoms with van der Waals surface area (Å²) < 4.78 is 0. The number of fused-ring (bicyclic) bond motifs is 1. The number of nitrogens with one attached hydrogen (secondary N) is 1. The molecule has 4 heteroatoms. The number of nitriles is 1. The highest BCUT2D eigenvalue weighted by Crippen LogP contribution is 2.17. The molecule has 0 radical (unpaired) electrons. The Morgan fingerprint density at radius 1 is 1.44 bits per heavy atom. The highest BCUT2D eigenvalue weighted by atomic mass is 16.2. The minimum absolute atomic E-state index is 0.0842. The molecule has 1 aromatic heterocycles. The van der Waals surface area contributed by atoms with E-state index in [4.69, 9.17) is 5.26 Å². The predicted octanol–water partition coefficient (Wildman–Crippen LogP) is 2.46. The Morgan fingerprint density at radius 2 is 2.22 bits per heavy atom. The first-order valence-corrected chi connectivity index (χ1v) is 5.83. The molecule has 0 bridgehead atoms. The second kappa shape index (κ2) is 4.92. The van der Waals surface area contributed by atoms with Gasteiger partial charge >= 0.3 is 0 Å². The number of nitrogens with zero attached hydrogens (tertiary/aromatic N) is 2. The second-order valence-corrected chi connectivity index (χ2v) is 4.41. The molecular formula is C14H15N3O. The Balaban J connectivity index is 2.26. The third kappa shape index (κ3) is 2.35. The highest BCUT2D eigenvalue weighted by Gasteiger charge is 2.13. The number of carbonyl (C=O) groups excluding carboxylic acids is 1. The molecule has 4 nitrogen and oxygen atoms in total. The summed E-state index contributed by atoms with van der Waals surface area (Å²) in [5.74, 6) is -0.0842. The van der Waals surface area contributed by atoms with E-state index in [-0.39, 0.29) is 5.91 Å². The number of carbonyl (C=O) groups is 1. The van der Waals surface area contributed by atoms with Gasteiger partial charge in [-0.1, -0.05) is 12.1 Å². The molecule has 2 aromatic rings. The Labute approximate surface area is 106 Å². The van der Waals surface area contributed by atoms with E-state index in [2.05, 4.69) is 4.98 Å². The van der Waals surface area contributed by atoms with Gasteiger partial charge < -0.3 is 9.88 Å². The average Bonchev–Trinajstić information content (AvgIpc) is 2.77. The molecule has 0 fully saturated rings. The molecule has 0 spiro atoms. The summed E-state index contributed by atoms with van der Waals surface area (Å²) in [5, 5.41) is 9.54. The molecule has 1 N–H and O–H groups in total. The van der Waals surface area contributed by atoms with Crippen molar-refractivity contribution in [3.05, 3.63) is 35.5 Å². The standard InChI is InChI=1S/C14H15N3O/c1-10-4-5-11-9-13(16-12(11)8-10)14(18)17(2)7-3-6-15/h4-5,8-9,16H,3,7H2,1-2H3. The quantitative estimate of drug-likeness (QED) is 0.897. The van der Waals surface area contributed by atoms with E-state index in [9.17, 15) is 4.79 Å². The SMILES string of the molecule is Cc1ccc2cc(C(=O)N(C)CCC#N)[nH]c2c1. The van der Waals surface area contributed by atoms with Crippen molar-refractivity contribution in [3.63, 3.8) is 0 Å². The zero-order valence-corrected chi connectivity index (χ0v) is 10.5. The smallest absolute Gasteiger partial charge is 0.270 e. The normalized spacial score (nSPS) is 10.3. The minimum Gasteiger partial charge on any atom is -0.351 e. The van der Waals surface area contributed by atoms with E-state index in [1.807, 2.05) is 37.3 Å². The Bertz CT molecular complexity index is 621. The number of H-pyrrole nitrogens is 1. The zero-order chi connectivity index (χ0) is 13.1. The Morgan fingerprint density at radius 3 is 2.94 bits per heavy atom. The van der Waals surface area contributed by atoms with E-state index in [0.717, 1.165) is 16.5 Å². The van der Waals surface area contributed by atoms with Crippen molar-refractivity contribution in [2.75, 3.05) is 13.6 Å². The van der Waals surface area contributed by atoms with E-state index < -0.39 is 0 Å². The van der Waals surface area contributed by atoms with Crippen molar-refractivity contribution in [3.8, 4) is 6.07 Å². The van der Waals surface area contributed by atoms with E-state index in [0.29, 0.717) is 18.7 Å². The highest BCUT2D eigenvalue weighted by molar-refractivity contribution is 5.98. The Hall–Kier alpha value is -2.28. The lowest BCUT2D eigenvalue weighted by Crippen LogP contribution is -2.27. The summed E-state index contributed by atoms with van der Waals surface area (Å²) in [6.45, 7) is 2.46. The van der Waals surface area contributed by atoms with Gasteiger partial charge in [0.05, 0.1) is 12.5 Å². The number of amides is 1. The molecule has 1 heterocycles. The van der Waals surface area contributed by atoms with Gasteiger partial charge in [-0.15, -0.1) is 0 Å². The molecule has 2 rings (SSSR count).